The molecule has 2 aromatic rings. The first kappa shape index (κ1) is 9.99. The van der Waals surface area contributed by atoms with E-state index in [2.05, 4.69) is 25.1 Å². The second-order valence-electron chi connectivity index (χ2n) is 3.81. The summed E-state index contributed by atoms with van der Waals surface area (Å²) in [6, 6.07) is 10.3. The molecule has 0 N–H and O–H groups in total. The van der Waals surface area contributed by atoms with Gasteiger partial charge in [-0.1, -0.05) is 0 Å². The van der Waals surface area contributed by atoms with E-state index in [4.69, 9.17) is 7.48 Å². The molecule has 0 saturated heterocycles. The van der Waals surface area contributed by atoms with Crippen LogP contribution in [0.4, 0.5) is 0 Å². The van der Waals surface area contributed by atoms with Crippen molar-refractivity contribution in [1.29, 1.82) is 0 Å². The normalized spacial score (nSPS) is 16.2. The first-order valence-corrected chi connectivity index (χ1v) is 7.44. The predicted octanol–water partition coefficient (Wildman–Crippen LogP) is 3.18. The Morgan fingerprint density at radius 1 is 1.29 bits per heavy atom. The molecule has 90 valence electrons. The zero-order chi connectivity index (χ0) is 14.0. The van der Waals surface area contributed by atoms with E-state index in [1.165, 1.54) is 5.56 Å². The quantitative estimate of drug-likeness (QED) is 0.622. The molecule has 0 aliphatic carbocycles. The Balaban J connectivity index is 2.62. The van der Waals surface area contributed by atoms with Crippen LogP contribution in [0.3, 0.4) is 0 Å². The Bertz CT molecular complexity index is 590. The van der Waals surface area contributed by atoms with Crippen molar-refractivity contribution in [3.8, 4) is 5.75 Å². The third-order valence-electron chi connectivity index (χ3n) is 2.84. The van der Waals surface area contributed by atoms with Gasteiger partial charge >= 0.3 is 112 Å². The molecule has 0 amide bonds. The number of ether oxygens (including phenoxy) is 1. The van der Waals surface area contributed by atoms with E-state index in [0.29, 0.717) is 0 Å². The van der Waals surface area contributed by atoms with E-state index >= 15 is 0 Å². The summed E-state index contributed by atoms with van der Waals surface area (Å²) in [5, 5.41) is 1.06. The van der Waals surface area contributed by atoms with Crippen LogP contribution < -0.4 is 9.20 Å². The van der Waals surface area contributed by atoms with Gasteiger partial charge in [-0.05, 0) is 0 Å². The Kier molecular flexibility index (Phi) is 3.27. The molecule has 0 saturated carbocycles. The first-order chi connectivity index (χ1) is 8.94. The summed E-state index contributed by atoms with van der Waals surface area (Å²) in [4.78, 5) is 0. The third kappa shape index (κ3) is 2.48. The number of hydrogen-bond donors (Lipinski definition) is 0. The zero-order valence-electron chi connectivity index (χ0n) is 12.4. The molecular weight excluding hydrogens is 276 g/mol. The first-order valence-electron chi connectivity index (χ1n) is 6.73. The summed E-state index contributed by atoms with van der Waals surface area (Å²) in [6.07, 6.45) is 0.989. The second kappa shape index (κ2) is 5.57. The van der Waals surface area contributed by atoms with Gasteiger partial charge in [-0.2, -0.15) is 0 Å². The van der Waals surface area contributed by atoms with E-state index in [9.17, 15) is 0 Å². The molecule has 17 heavy (non-hydrogen) atoms. The van der Waals surface area contributed by atoms with Gasteiger partial charge in [0, 0.05) is 0 Å². The topological polar surface area (TPSA) is 9.23 Å². The van der Waals surface area contributed by atoms with Gasteiger partial charge in [0.1, 0.15) is 0 Å². The van der Waals surface area contributed by atoms with Gasteiger partial charge in [-0.15, -0.1) is 0 Å². The van der Waals surface area contributed by atoms with Gasteiger partial charge in [0.25, 0.3) is 0 Å². The Hall–Kier alpha value is -0.981. The van der Waals surface area contributed by atoms with Gasteiger partial charge in [0.15, 0.2) is 0 Å². The van der Waals surface area contributed by atoms with Crippen molar-refractivity contribution in [2.75, 3.05) is 7.11 Å². The molecule has 0 aliphatic heterocycles. The van der Waals surface area contributed by atoms with Gasteiger partial charge in [-0.25, -0.2) is 0 Å². The molecule has 0 fully saturated rings. The van der Waals surface area contributed by atoms with Crippen LogP contribution in [0.2, 0.25) is 5.27 Å². The Morgan fingerprint density at radius 3 is 2.76 bits per heavy atom. The molecule has 0 spiro atoms. The van der Waals surface area contributed by atoms with Crippen molar-refractivity contribution < 1.29 is 7.48 Å². The predicted molar refractivity (Wildman–Crippen MR) is 75.7 cm³/mol. The molecule has 1 unspecified atom stereocenters. The maximum absolute atomic E-state index is 7.78. The van der Waals surface area contributed by atoms with E-state index < -0.39 is 5.27 Å². The fourth-order valence-corrected chi connectivity index (χ4v) is 3.29. The Labute approximate surface area is 112 Å². The van der Waals surface area contributed by atoms with Gasteiger partial charge in [0.2, 0.25) is 0 Å². The number of benzene rings is 2. The number of rotatable bonds is 4. The molecule has 0 aromatic heterocycles. The number of methoxy groups -OCH3 is 1. The molecule has 2 aromatic carbocycles. The van der Waals surface area contributed by atoms with Crippen molar-refractivity contribution >= 4 is 30.2 Å². The molecule has 2 rings (SSSR count). The Morgan fingerprint density at radius 2 is 2.12 bits per heavy atom. The molecule has 0 heterocycles. The van der Waals surface area contributed by atoms with Crippen LogP contribution in [0.25, 0.3) is 10.8 Å². The van der Waals surface area contributed by atoms with Crippen LogP contribution in [-0.4, -0.2) is 22.1 Å². The van der Waals surface area contributed by atoms with Crippen molar-refractivity contribution in [2.24, 2.45) is 0 Å². The minimum atomic E-state index is -1.14. The van der Waals surface area contributed by atoms with E-state index in [1.807, 2.05) is 12.1 Å². The monoisotopic (exact) mass is 296 g/mol. The van der Waals surface area contributed by atoms with E-state index in [0.717, 1.165) is 27.4 Å². The van der Waals surface area contributed by atoms with Crippen LogP contribution in [0, 0.1) is 0 Å². The van der Waals surface area contributed by atoms with Crippen molar-refractivity contribution in [1.82, 2.24) is 0 Å². The zero-order valence-corrected chi connectivity index (χ0v) is 12.1. The van der Waals surface area contributed by atoms with Crippen LogP contribution in [-0.2, 0) is 6.42 Å². The van der Waals surface area contributed by atoms with E-state index in [-0.39, 0.29) is 15.0 Å². The SMILES string of the molecule is [1H][13C]([2H])(C)[Se]c1ccc(OC)c2cc(CC)ccc12. The molecule has 1 nitrogen and oxygen atoms in total. The summed E-state index contributed by atoms with van der Waals surface area (Å²) >= 11 is -0.203. The van der Waals surface area contributed by atoms with Crippen LogP contribution >= 0.6 is 0 Å². The van der Waals surface area contributed by atoms with Crippen molar-refractivity contribution in [3.63, 3.8) is 0 Å². The molecular formula is C15H18OSe. The van der Waals surface area contributed by atoms with Crippen LogP contribution in [0.5, 0.6) is 5.75 Å². The van der Waals surface area contributed by atoms with Crippen LogP contribution in [0.15, 0.2) is 30.3 Å². The number of hydrogen-bond acceptors (Lipinski definition) is 1. The summed E-state index contributed by atoms with van der Waals surface area (Å²) in [6.45, 7) is 3.77. The molecule has 0 radical (unpaired) electrons. The van der Waals surface area contributed by atoms with Gasteiger partial charge in [-0.3, -0.25) is 0 Å². The molecule has 0 bridgehead atoms. The summed E-state index contributed by atoms with van der Waals surface area (Å²) in [5.74, 6) is 0.863. The van der Waals surface area contributed by atoms with E-state index in [1.54, 1.807) is 14.0 Å². The van der Waals surface area contributed by atoms with Crippen LogP contribution in [0.1, 0.15) is 22.2 Å². The summed E-state index contributed by atoms with van der Waals surface area (Å²) < 4.78 is 22.1. The minimum absolute atomic E-state index is 0.203. The molecule has 0 aliphatic rings. The third-order valence-corrected chi connectivity index (χ3v) is 4.48. The molecule has 1 atom stereocenters. The number of fused-ring (bicyclic) bond motifs is 1. The summed E-state index contributed by atoms with van der Waals surface area (Å²) in [5.41, 5.74) is 1.27. The summed E-state index contributed by atoms with van der Waals surface area (Å²) in [7, 11) is 1.68. The van der Waals surface area contributed by atoms with Gasteiger partial charge in [0.05, 0.1) is 0 Å². The average Bonchev–Trinajstić information content (AvgIpc) is 2.36. The fourth-order valence-electron chi connectivity index (χ4n) is 1.94. The van der Waals surface area contributed by atoms with Crippen molar-refractivity contribution in [3.05, 3.63) is 35.9 Å². The average molecular weight is 295 g/mol. The number of aryl methyl sites for hydroxylation is 1. The van der Waals surface area contributed by atoms with Crippen molar-refractivity contribution in [2.45, 2.75) is 25.5 Å². The molecule has 2 heteroatoms. The van der Waals surface area contributed by atoms with Gasteiger partial charge < -0.3 is 0 Å². The standard InChI is InChI=1S/C15H18OSe/c1-4-11-6-7-12-13(10-11)14(16-3)8-9-15(12)17-5-2/h6-10H,4-5H2,1-3H3/i5+1DH. The second-order valence-corrected chi connectivity index (χ2v) is 6.01. The maximum atomic E-state index is 7.78. The fraction of sp³-hybridized carbons (Fsp3) is 0.333.